The lowest BCUT2D eigenvalue weighted by Crippen LogP contribution is -2.44. The van der Waals surface area contributed by atoms with Crippen molar-refractivity contribution >= 4 is 35.6 Å². The van der Waals surface area contributed by atoms with Crippen LogP contribution in [0, 0.1) is 11.6 Å². The van der Waals surface area contributed by atoms with Gasteiger partial charge in [0.05, 0.1) is 11.8 Å². The molecule has 3 rings (SSSR count). The number of ether oxygens (including phenoxy) is 1. The first-order valence-electron chi connectivity index (χ1n) is 9.52. The summed E-state index contributed by atoms with van der Waals surface area (Å²) >= 11 is 0. The number of hydrogen-bond acceptors (Lipinski definition) is 3. The zero-order chi connectivity index (χ0) is 18.4. The number of halogens is 3. The molecule has 5 nitrogen and oxygen atoms in total. The van der Waals surface area contributed by atoms with Crippen LogP contribution in [0.15, 0.2) is 23.2 Å². The van der Waals surface area contributed by atoms with Crippen LogP contribution < -0.4 is 15.5 Å². The Morgan fingerprint density at radius 3 is 2.89 bits per heavy atom. The van der Waals surface area contributed by atoms with Gasteiger partial charge in [0.25, 0.3) is 0 Å². The van der Waals surface area contributed by atoms with Gasteiger partial charge in [-0.2, -0.15) is 0 Å². The summed E-state index contributed by atoms with van der Waals surface area (Å²) in [6.45, 7) is 5.81. The molecule has 2 unspecified atom stereocenters. The highest BCUT2D eigenvalue weighted by atomic mass is 127. The molecular weight excluding hydrogens is 465 g/mol. The molecule has 0 radical (unpaired) electrons. The molecule has 2 fully saturated rings. The predicted octanol–water partition coefficient (Wildman–Crippen LogP) is 3.29. The van der Waals surface area contributed by atoms with Crippen molar-refractivity contribution in [2.45, 2.75) is 44.8 Å². The zero-order valence-electron chi connectivity index (χ0n) is 15.7. The second-order valence-electron chi connectivity index (χ2n) is 6.86. The molecule has 0 spiro atoms. The predicted molar refractivity (Wildman–Crippen MR) is 115 cm³/mol. The Morgan fingerprint density at radius 2 is 2.19 bits per heavy atom. The summed E-state index contributed by atoms with van der Waals surface area (Å²) in [4.78, 5) is 6.59. The first-order chi connectivity index (χ1) is 12.7. The van der Waals surface area contributed by atoms with E-state index in [2.05, 4.69) is 15.6 Å². The maximum absolute atomic E-state index is 14.0. The quantitative estimate of drug-likeness (QED) is 0.362. The van der Waals surface area contributed by atoms with Crippen molar-refractivity contribution in [3.05, 3.63) is 29.8 Å². The minimum absolute atomic E-state index is 0. The van der Waals surface area contributed by atoms with Crippen LogP contribution in [0.5, 0.6) is 0 Å². The fraction of sp³-hybridized carbons (Fsp3) is 0.632. The average molecular weight is 494 g/mol. The second kappa shape index (κ2) is 11.0. The van der Waals surface area contributed by atoms with E-state index in [4.69, 9.17) is 4.74 Å². The molecule has 0 saturated carbocycles. The highest BCUT2D eigenvalue weighted by Crippen LogP contribution is 2.24. The van der Waals surface area contributed by atoms with Gasteiger partial charge in [0, 0.05) is 44.9 Å². The largest absolute Gasteiger partial charge is 0.378 e. The van der Waals surface area contributed by atoms with Crippen LogP contribution in [-0.2, 0) is 4.74 Å². The molecule has 2 aliphatic rings. The minimum Gasteiger partial charge on any atom is -0.378 e. The zero-order valence-corrected chi connectivity index (χ0v) is 18.0. The number of aliphatic imine (C=N–C) groups is 1. The van der Waals surface area contributed by atoms with Crippen molar-refractivity contribution in [1.29, 1.82) is 0 Å². The Hall–Kier alpha value is -1.16. The summed E-state index contributed by atoms with van der Waals surface area (Å²) in [5.74, 6) is -0.271. The highest BCUT2D eigenvalue weighted by molar-refractivity contribution is 14.0. The highest BCUT2D eigenvalue weighted by Gasteiger charge is 2.25. The number of hydrogen-bond donors (Lipinski definition) is 2. The maximum Gasteiger partial charge on any atom is 0.191 e. The van der Waals surface area contributed by atoms with Crippen LogP contribution in [-0.4, -0.2) is 50.9 Å². The van der Waals surface area contributed by atoms with E-state index in [0.29, 0.717) is 18.3 Å². The van der Waals surface area contributed by atoms with Gasteiger partial charge in [-0.1, -0.05) is 0 Å². The van der Waals surface area contributed by atoms with Gasteiger partial charge in [-0.3, -0.25) is 4.99 Å². The van der Waals surface area contributed by atoms with E-state index >= 15 is 0 Å². The lowest BCUT2D eigenvalue weighted by Gasteiger charge is -2.21. The molecule has 0 aliphatic carbocycles. The molecule has 1 aromatic rings. The van der Waals surface area contributed by atoms with Gasteiger partial charge in [0.2, 0.25) is 0 Å². The standard InChI is InChI=1S/C19H28F2N4O.HI/c1-2-22-19(23-9-7-16-4-3-11-26-16)24-15-8-10-25(13-15)18-6-5-14(20)12-17(18)21;/h5-6,12,15-16H,2-4,7-11,13H2,1H3,(H2,22,23,24);1H. The number of rotatable bonds is 6. The Kier molecular flexibility index (Phi) is 9.01. The monoisotopic (exact) mass is 494 g/mol. The summed E-state index contributed by atoms with van der Waals surface area (Å²) in [6, 6.07) is 3.93. The van der Waals surface area contributed by atoms with Gasteiger partial charge in [-0.25, -0.2) is 8.78 Å². The Labute approximate surface area is 177 Å². The summed E-state index contributed by atoms with van der Waals surface area (Å²) in [5.41, 5.74) is 0.455. The van der Waals surface area contributed by atoms with Gasteiger partial charge in [0.15, 0.2) is 5.96 Å². The number of nitrogens with one attached hydrogen (secondary N) is 2. The topological polar surface area (TPSA) is 48.9 Å². The van der Waals surface area contributed by atoms with E-state index < -0.39 is 11.6 Å². The van der Waals surface area contributed by atoms with Crippen molar-refractivity contribution < 1.29 is 13.5 Å². The van der Waals surface area contributed by atoms with Crippen LogP contribution >= 0.6 is 24.0 Å². The summed E-state index contributed by atoms with van der Waals surface area (Å²) < 4.78 is 32.7. The first kappa shape index (κ1) is 22.1. The first-order valence-corrected chi connectivity index (χ1v) is 9.52. The van der Waals surface area contributed by atoms with E-state index in [-0.39, 0.29) is 30.0 Å². The third-order valence-corrected chi connectivity index (χ3v) is 4.87. The number of guanidine groups is 1. The molecule has 2 atom stereocenters. The summed E-state index contributed by atoms with van der Waals surface area (Å²) in [7, 11) is 0. The van der Waals surface area contributed by atoms with Crippen molar-refractivity contribution in [3.63, 3.8) is 0 Å². The van der Waals surface area contributed by atoms with E-state index in [1.54, 1.807) is 0 Å². The molecule has 2 aliphatic heterocycles. The van der Waals surface area contributed by atoms with Gasteiger partial charge in [-0.15, -0.1) is 24.0 Å². The third-order valence-electron chi connectivity index (χ3n) is 4.87. The van der Waals surface area contributed by atoms with E-state index in [1.165, 1.54) is 12.1 Å². The van der Waals surface area contributed by atoms with Crippen LogP contribution in [0.3, 0.4) is 0 Å². The van der Waals surface area contributed by atoms with Crippen molar-refractivity contribution in [1.82, 2.24) is 10.6 Å². The Bertz CT molecular complexity index is 626. The van der Waals surface area contributed by atoms with Gasteiger partial charge >= 0.3 is 0 Å². The molecule has 0 amide bonds. The van der Waals surface area contributed by atoms with Crippen LogP contribution in [0.1, 0.15) is 32.6 Å². The van der Waals surface area contributed by atoms with Gasteiger partial charge in [-0.05, 0) is 44.7 Å². The second-order valence-corrected chi connectivity index (χ2v) is 6.86. The average Bonchev–Trinajstić information content (AvgIpc) is 3.27. The molecule has 2 heterocycles. The Morgan fingerprint density at radius 1 is 1.33 bits per heavy atom. The number of benzene rings is 1. The lowest BCUT2D eigenvalue weighted by molar-refractivity contribution is 0.106. The fourth-order valence-electron chi connectivity index (χ4n) is 3.54. The summed E-state index contributed by atoms with van der Waals surface area (Å²) in [6.07, 6.45) is 4.43. The van der Waals surface area contributed by atoms with Crippen molar-refractivity contribution in [2.75, 3.05) is 37.7 Å². The van der Waals surface area contributed by atoms with Gasteiger partial charge < -0.3 is 20.3 Å². The molecule has 1 aromatic carbocycles. The van der Waals surface area contributed by atoms with Crippen LogP contribution in [0.4, 0.5) is 14.5 Å². The normalized spacial score (nSPS) is 22.6. The molecular formula is C19H29F2IN4O. The molecule has 0 bridgehead atoms. The smallest absolute Gasteiger partial charge is 0.191 e. The molecule has 8 heteroatoms. The van der Waals surface area contributed by atoms with Crippen LogP contribution in [0.25, 0.3) is 0 Å². The molecule has 0 aromatic heterocycles. The minimum atomic E-state index is -0.548. The molecule has 2 N–H and O–H groups in total. The maximum atomic E-state index is 14.0. The van der Waals surface area contributed by atoms with Gasteiger partial charge in [0.1, 0.15) is 11.6 Å². The van der Waals surface area contributed by atoms with E-state index in [0.717, 1.165) is 64.0 Å². The molecule has 27 heavy (non-hydrogen) atoms. The van der Waals surface area contributed by atoms with E-state index in [9.17, 15) is 8.78 Å². The summed E-state index contributed by atoms with van der Waals surface area (Å²) in [5, 5.41) is 6.70. The van der Waals surface area contributed by atoms with Crippen molar-refractivity contribution in [3.8, 4) is 0 Å². The van der Waals surface area contributed by atoms with E-state index in [1.807, 2.05) is 11.8 Å². The third kappa shape index (κ3) is 6.44. The lowest BCUT2D eigenvalue weighted by atomic mass is 10.2. The molecule has 2 saturated heterocycles. The Balaban J connectivity index is 0.00000261. The van der Waals surface area contributed by atoms with Crippen molar-refractivity contribution in [2.24, 2.45) is 4.99 Å². The fourth-order valence-corrected chi connectivity index (χ4v) is 3.54. The number of nitrogens with zero attached hydrogens (tertiary/aromatic N) is 2. The SMILES string of the molecule is CCNC(=NCCC1CCCO1)NC1CCN(c2ccc(F)cc2F)C1.I. The molecule has 152 valence electrons. The van der Waals surface area contributed by atoms with Crippen LogP contribution in [0.2, 0.25) is 0 Å². The number of anilines is 1.